The zero-order valence-electron chi connectivity index (χ0n) is 20.1. The van der Waals surface area contributed by atoms with Crippen molar-refractivity contribution in [2.45, 2.75) is 65.2 Å². The molecule has 0 heteroatoms. The van der Waals surface area contributed by atoms with Crippen molar-refractivity contribution in [1.29, 1.82) is 0 Å². The van der Waals surface area contributed by atoms with Crippen LogP contribution >= 0.6 is 0 Å². The van der Waals surface area contributed by atoms with E-state index in [9.17, 15) is 0 Å². The average Bonchev–Trinajstić information content (AvgIpc) is 3.07. The maximum absolute atomic E-state index is 3.25. The van der Waals surface area contributed by atoms with E-state index in [0.29, 0.717) is 5.92 Å². The summed E-state index contributed by atoms with van der Waals surface area (Å²) in [7, 11) is 0. The van der Waals surface area contributed by atoms with Gasteiger partial charge in [0, 0.05) is 11.3 Å². The first-order valence-electron chi connectivity index (χ1n) is 11.9. The highest BCUT2D eigenvalue weighted by molar-refractivity contribution is 5.85. The van der Waals surface area contributed by atoms with Gasteiger partial charge >= 0.3 is 0 Å². The zero-order valence-corrected chi connectivity index (χ0v) is 20.1. The molecule has 0 amide bonds. The van der Waals surface area contributed by atoms with E-state index in [1.807, 2.05) is 6.92 Å². The van der Waals surface area contributed by atoms with Gasteiger partial charge in [0.2, 0.25) is 0 Å². The summed E-state index contributed by atoms with van der Waals surface area (Å²) < 4.78 is 0. The lowest BCUT2D eigenvalue weighted by Gasteiger charge is -2.31. The molecule has 1 atom stereocenters. The molecule has 0 saturated heterocycles. The summed E-state index contributed by atoms with van der Waals surface area (Å²) in [5.74, 6) is 6.77. The Morgan fingerprint density at radius 1 is 1.09 bits per heavy atom. The molecule has 4 rings (SSSR count). The second-order valence-electron chi connectivity index (χ2n) is 9.06. The van der Waals surface area contributed by atoms with E-state index in [2.05, 4.69) is 112 Å². The molecule has 0 saturated carbocycles. The van der Waals surface area contributed by atoms with E-state index in [-0.39, 0.29) is 5.41 Å². The monoisotopic (exact) mass is 418 g/mol. The Morgan fingerprint density at radius 2 is 1.84 bits per heavy atom. The topological polar surface area (TPSA) is 0 Å². The molecule has 1 unspecified atom stereocenters. The number of hydrogen-bond acceptors (Lipinski definition) is 0. The molecule has 0 radical (unpaired) electrons. The van der Waals surface area contributed by atoms with E-state index in [0.717, 1.165) is 24.8 Å². The van der Waals surface area contributed by atoms with Gasteiger partial charge in [-0.1, -0.05) is 80.5 Å². The summed E-state index contributed by atoms with van der Waals surface area (Å²) in [6.45, 7) is 11.0. The minimum atomic E-state index is 0.0671. The van der Waals surface area contributed by atoms with Gasteiger partial charge in [0.15, 0.2) is 0 Å². The molecular formula is C32H34. The van der Waals surface area contributed by atoms with Crippen LogP contribution in [0.3, 0.4) is 0 Å². The molecule has 0 aliphatic heterocycles. The molecule has 0 N–H and O–H groups in total. The number of rotatable bonds is 5. The van der Waals surface area contributed by atoms with Gasteiger partial charge in [-0.05, 0) is 96.7 Å². The first-order chi connectivity index (χ1) is 15.5. The Balaban J connectivity index is 1.70. The van der Waals surface area contributed by atoms with Crippen molar-refractivity contribution in [3.8, 4) is 11.8 Å². The molecule has 2 aromatic rings. The van der Waals surface area contributed by atoms with E-state index >= 15 is 0 Å². The summed E-state index contributed by atoms with van der Waals surface area (Å²) in [5.41, 5.74) is 11.0. The first-order valence-corrected chi connectivity index (χ1v) is 11.9. The summed E-state index contributed by atoms with van der Waals surface area (Å²) in [6.07, 6.45) is 12.7. The quantitative estimate of drug-likeness (QED) is 0.426. The molecule has 2 aliphatic carbocycles. The van der Waals surface area contributed by atoms with E-state index in [1.165, 1.54) is 39.0 Å². The highest BCUT2D eigenvalue weighted by Crippen LogP contribution is 2.52. The molecule has 32 heavy (non-hydrogen) atoms. The molecule has 0 aromatic heterocycles. The number of hydrogen-bond donors (Lipinski definition) is 0. The van der Waals surface area contributed by atoms with Gasteiger partial charge in [0.1, 0.15) is 0 Å². The SMILES string of the molecule is CC#C/C(C)=C\C1=C(C)c2ccc(C3=CCC(c4ccccc4)C=C3)cc2C1(CC)CC. The lowest BCUT2D eigenvalue weighted by molar-refractivity contribution is 0.486. The molecule has 0 spiro atoms. The number of fused-ring (bicyclic) bond motifs is 1. The minimum absolute atomic E-state index is 0.0671. The van der Waals surface area contributed by atoms with E-state index in [4.69, 9.17) is 0 Å². The van der Waals surface area contributed by atoms with Crippen molar-refractivity contribution in [3.05, 3.63) is 106 Å². The summed E-state index contributed by atoms with van der Waals surface area (Å²) in [6, 6.07) is 17.9. The van der Waals surface area contributed by atoms with Crippen molar-refractivity contribution >= 4 is 11.1 Å². The Morgan fingerprint density at radius 3 is 2.47 bits per heavy atom. The minimum Gasteiger partial charge on any atom is -0.102 e. The van der Waals surface area contributed by atoms with Crippen LogP contribution in [0.5, 0.6) is 0 Å². The molecule has 0 fully saturated rings. The normalized spacial score (nSPS) is 19.3. The van der Waals surface area contributed by atoms with Gasteiger partial charge < -0.3 is 0 Å². The Bertz CT molecular complexity index is 1180. The lowest BCUT2D eigenvalue weighted by Crippen LogP contribution is -2.24. The van der Waals surface area contributed by atoms with Crippen LogP contribution in [-0.4, -0.2) is 0 Å². The predicted molar refractivity (Wildman–Crippen MR) is 139 cm³/mol. The molecule has 2 aliphatic rings. The molecular weight excluding hydrogens is 384 g/mol. The van der Waals surface area contributed by atoms with Gasteiger partial charge in [-0.2, -0.15) is 0 Å². The standard InChI is InChI=1S/C32H34/c1-6-12-23(4)21-30-24(5)29-20-19-28(22-31(29)32(30,7-2)8-3)27-17-15-26(16-18-27)25-13-10-9-11-14-25/h9-11,13-15,17-22,26H,7-8,16H2,1-5H3/b23-21-. The van der Waals surface area contributed by atoms with Crippen LogP contribution in [-0.2, 0) is 5.41 Å². The van der Waals surface area contributed by atoms with Crippen LogP contribution in [0.15, 0.2) is 84.0 Å². The number of benzene rings is 2. The van der Waals surface area contributed by atoms with Crippen LogP contribution in [0.1, 0.15) is 82.1 Å². The van der Waals surface area contributed by atoms with Gasteiger partial charge in [0.05, 0.1) is 0 Å². The summed E-state index contributed by atoms with van der Waals surface area (Å²) in [5, 5.41) is 0. The van der Waals surface area contributed by atoms with Crippen LogP contribution in [0.25, 0.3) is 11.1 Å². The Kier molecular flexibility index (Phi) is 6.38. The van der Waals surface area contributed by atoms with Gasteiger partial charge in [0.25, 0.3) is 0 Å². The average molecular weight is 419 g/mol. The van der Waals surface area contributed by atoms with Crippen LogP contribution in [0.2, 0.25) is 0 Å². The first kappa shape index (κ1) is 22.2. The van der Waals surface area contributed by atoms with Gasteiger partial charge in [-0.25, -0.2) is 0 Å². The van der Waals surface area contributed by atoms with Crippen LogP contribution in [0.4, 0.5) is 0 Å². The van der Waals surface area contributed by atoms with Crippen molar-refractivity contribution in [3.63, 3.8) is 0 Å². The van der Waals surface area contributed by atoms with Crippen molar-refractivity contribution < 1.29 is 0 Å². The van der Waals surface area contributed by atoms with Crippen molar-refractivity contribution in [2.24, 2.45) is 0 Å². The van der Waals surface area contributed by atoms with Crippen LogP contribution < -0.4 is 0 Å². The molecule has 0 heterocycles. The third-order valence-corrected chi connectivity index (χ3v) is 7.41. The predicted octanol–water partition coefficient (Wildman–Crippen LogP) is 8.63. The van der Waals surface area contributed by atoms with Gasteiger partial charge in [-0.3, -0.25) is 0 Å². The largest absolute Gasteiger partial charge is 0.102 e. The molecule has 2 aromatic carbocycles. The van der Waals surface area contributed by atoms with Crippen molar-refractivity contribution in [1.82, 2.24) is 0 Å². The molecule has 162 valence electrons. The van der Waals surface area contributed by atoms with Crippen molar-refractivity contribution in [2.75, 3.05) is 0 Å². The van der Waals surface area contributed by atoms with Crippen LogP contribution in [0, 0.1) is 11.8 Å². The maximum atomic E-state index is 3.25. The summed E-state index contributed by atoms with van der Waals surface area (Å²) >= 11 is 0. The molecule has 0 nitrogen and oxygen atoms in total. The highest BCUT2D eigenvalue weighted by Gasteiger charge is 2.40. The fourth-order valence-corrected chi connectivity index (χ4v) is 5.59. The third kappa shape index (κ3) is 3.82. The number of allylic oxidation sites excluding steroid dienone is 8. The fourth-order valence-electron chi connectivity index (χ4n) is 5.59. The smallest absolute Gasteiger partial charge is 0.0207 e. The lowest BCUT2D eigenvalue weighted by atomic mass is 9.72. The second kappa shape index (κ2) is 9.22. The maximum Gasteiger partial charge on any atom is 0.0207 e. The second-order valence-corrected chi connectivity index (χ2v) is 9.06. The fraction of sp³-hybridized carbons (Fsp3) is 0.312. The van der Waals surface area contributed by atoms with E-state index < -0.39 is 0 Å². The Labute approximate surface area is 194 Å². The Hall–Kier alpha value is -3.04. The highest BCUT2D eigenvalue weighted by atomic mass is 14.4. The summed E-state index contributed by atoms with van der Waals surface area (Å²) in [4.78, 5) is 0. The molecule has 0 bridgehead atoms. The van der Waals surface area contributed by atoms with E-state index in [1.54, 1.807) is 0 Å². The third-order valence-electron chi connectivity index (χ3n) is 7.41. The zero-order chi connectivity index (χ0) is 22.7. The van der Waals surface area contributed by atoms with Gasteiger partial charge in [-0.15, -0.1) is 5.92 Å².